The van der Waals surface area contributed by atoms with Crippen LogP contribution in [0.3, 0.4) is 0 Å². The van der Waals surface area contributed by atoms with Gasteiger partial charge < -0.3 is 15.3 Å². The van der Waals surface area contributed by atoms with Crippen LogP contribution in [0.2, 0.25) is 0 Å². The number of anilines is 5. The van der Waals surface area contributed by atoms with E-state index in [2.05, 4.69) is 34.5 Å². The number of hydrogen-bond donors (Lipinski definition) is 2. The predicted molar refractivity (Wildman–Crippen MR) is 139 cm³/mol. The molecular formula is C31H24N2O. The molecule has 34 heavy (non-hydrogen) atoms. The minimum Gasteiger partial charge on any atom is -0.376 e. The summed E-state index contributed by atoms with van der Waals surface area (Å²) in [6.45, 7) is 0. The lowest BCUT2D eigenvalue weighted by Crippen LogP contribution is -2.36. The van der Waals surface area contributed by atoms with E-state index in [1.165, 1.54) is 0 Å². The fraction of sp³-hybridized carbons (Fsp3) is 0.0323. The molecule has 1 aliphatic rings. The molecule has 5 aromatic rings. The third-order valence-corrected chi connectivity index (χ3v) is 6.45. The second kappa shape index (κ2) is 8.22. The minimum absolute atomic E-state index is 0.812. The average molecular weight is 441 g/mol. The van der Waals surface area contributed by atoms with Gasteiger partial charge in [-0.05, 0) is 42.5 Å². The topological polar surface area (TPSA) is 35.5 Å². The van der Waals surface area contributed by atoms with Crippen molar-refractivity contribution in [2.45, 2.75) is 5.60 Å². The Morgan fingerprint density at radius 1 is 0.500 bits per heavy atom. The molecule has 3 nitrogen and oxygen atoms in total. The van der Waals surface area contributed by atoms with Gasteiger partial charge in [0.25, 0.3) is 0 Å². The van der Waals surface area contributed by atoms with Gasteiger partial charge in [0.2, 0.25) is 0 Å². The summed E-state index contributed by atoms with van der Waals surface area (Å²) in [6, 6.07) is 44.6. The molecule has 0 bridgehead atoms. The van der Waals surface area contributed by atoms with Gasteiger partial charge in [-0.1, -0.05) is 91.0 Å². The second-order valence-corrected chi connectivity index (χ2v) is 8.45. The molecule has 0 radical (unpaired) electrons. The summed E-state index contributed by atoms with van der Waals surface area (Å²) in [7, 11) is 0. The Labute approximate surface area is 199 Å². The van der Waals surface area contributed by atoms with Crippen molar-refractivity contribution in [2.75, 3.05) is 10.2 Å². The quantitative estimate of drug-likeness (QED) is 0.304. The van der Waals surface area contributed by atoms with Crippen LogP contribution in [0.25, 0.3) is 0 Å². The largest absolute Gasteiger partial charge is 0.376 e. The number of nitrogens with zero attached hydrogens (tertiary/aromatic N) is 1. The Bertz CT molecular complexity index is 1380. The van der Waals surface area contributed by atoms with Gasteiger partial charge in [-0.2, -0.15) is 0 Å². The van der Waals surface area contributed by atoms with Gasteiger partial charge in [0, 0.05) is 33.8 Å². The first-order valence-corrected chi connectivity index (χ1v) is 11.4. The average Bonchev–Trinajstić information content (AvgIpc) is 2.90. The Morgan fingerprint density at radius 3 is 1.59 bits per heavy atom. The van der Waals surface area contributed by atoms with Crippen molar-refractivity contribution in [1.29, 1.82) is 0 Å². The van der Waals surface area contributed by atoms with E-state index in [0.29, 0.717) is 0 Å². The van der Waals surface area contributed by atoms with Crippen LogP contribution in [0.1, 0.15) is 16.7 Å². The van der Waals surface area contributed by atoms with Crippen molar-refractivity contribution in [3.05, 3.63) is 150 Å². The third kappa shape index (κ3) is 3.18. The number of para-hydroxylation sites is 5. The van der Waals surface area contributed by atoms with Gasteiger partial charge in [0.05, 0.1) is 11.4 Å². The van der Waals surface area contributed by atoms with Crippen LogP contribution >= 0.6 is 0 Å². The minimum atomic E-state index is -1.34. The van der Waals surface area contributed by atoms with Crippen LogP contribution in [0.15, 0.2) is 133 Å². The van der Waals surface area contributed by atoms with E-state index in [1.807, 2.05) is 109 Å². The fourth-order valence-electron chi connectivity index (χ4n) is 4.95. The molecule has 6 rings (SSSR count). The lowest BCUT2D eigenvalue weighted by molar-refractivity contribution is 0.126. The lowest BCUT2D eigenvalue weighted by Gasteiger charge is -2.43. The van der Waals surface area contributed by atoms with Gasteiger partial charge in [-0.3, -0.25) is 0 Å². The molecule has 0 saturated carbocycles. The Kier molecular flexibility index (Phi) is 4.90. The molecule has 0 fully saturated rings. The molecule has 0 unspecified atom stereocenters. The van der Waals surface area contributed by atoms with E-state index >= 15 is 0 Å². The molecule has 3 heteroatoms. The van der Waals surface area contributed by atoms with Crippen LogP contribution < -0.4 is 10.2 Å². The monoisotopic (exact) mass is 440 g/mol. The van der Waals surface area contributed by atoms with Gasteiger partial charge in [0.1, 0.15) is 5.60 Å². The first-order chi connectivity index (χ1) is 16.8. The molecule has 164 valence electrons. The maximum Gasteiger partial charge on any atom is 0.146 e. The highest BCUT2D eigenvalue weighted by molar-refractivity contribution is 5.87. The van der Waals surface area contributed by atoms with Crippen molar-refractivity contribution >= 4 is 28.4 Å². The lowest BCUT2D eigenvalue weighted by atomic mass is 9.75. The van der Waals surface area contributed by atoms with Crippen LogP contribution in [0.4, 0.5) is 28.4 Å². The zero-order valence-electron chi connectivity index (χ0n) is 18.6. The van der Waals surface area contributed by atoms with Crippen molar-refractivity contribution in [2.24, 2.45) is 0 Å². The molecule has 1 heterocycles. The van der Waals surface area contributed by atoms with E-state index in [0.717, 1.165) is 45.1 Å². The highest BCUT2D eigenvalue weighted by Crippen LogP contribution is 2.54. The molecular weight excluding hydrogens is 416 g/mol. The zero-order chi connectivity index (χ0) is 23.0. The Morgan fingerprint density at radius 2 is 0.971 bits per heavy atom. The summed E-state index contributed by atoms with van der Waals surface area (Å²) in [4.78, 5) is 2.23. The van der Waals surface area contributed by atoms with E-state index in [-0.39, 0.29) is 0 Å². The van der Waals surface area contributed by atoms with Gasteiger partial charge >= 0.3 is 0 Å². The summed E-state index contributed by atoms with van der Waals surface area (Å²) < 4.78 is 0. The SMILES string of the molecule is OC1(c2ccccc2Nc2ccccc2)c2ccccc2N(c2ccccc2)c2ccccc21. The van der Waals surface area contributed by atoms with Crippen LogP contribution in [0, 0.1) is 0 Å². The number of nitrogens with one attached hydrogen (secondary N) is 1. The number of benzene rings is 5. The highest BCUT2D eigenvalue weighted by Gasteiger charge is 2.44. The highest BCUT2D eigenvalue weighted by atomic mass is 16.3. The normalized spacial score (nSPS) is 13.6. The van der Waals surface area contributed by atoms with Crippen LogP contribution in [0.5, 0.6) is 0 Å². The number of hydrogen-bond acceptors (Lipinski definition) is 3. The number of rotatable bonds is 4. The first kappa shape index (κ1) is 20.3. The van der Waals surface area contributed by atoms with E-state index in [4.69, 9.17) is 0 Å². The smallest absolute Gasteiger partial charge is 0.146 e. The van der Waals surface area contributed by atoms with Gasteiger partial charge in [-0.25, -0.2) is 0 Å². The molecule has 0 amide bonds. The van der Waals surface area contributed by atoms with E-state index < -0.39 is 5.60 Å². The van der Waals surface area contributed by atoms with Crippen molar-refractivity contribution in [3.8, 4) is 0 Å². The Hall–Kier alpha value is -4.34. The number of aliphatic hydroxyl groups is 1. The second-order valence-electron chi connectivity index (χ2n) is 8.45. The van der Waals surface area contributed by atoms with Crippen molar-refractivity contribution in [3.63, 3.8) is 0 Å². The molecule has 0 aromatic heterocycles. The summed E-state index contributed by atoms with van der Waals surface area (Å²) >= 11 is 0. The first-order valence-electron chi connectivity index (χ1n) is 11.4. The van der Waals surface area contributed by atoms with Crippen molar-refractivity contribution < 1.29 is 5.11 Å². The van der Waals surface area contributed by atoms with Crippen molar-refractivity contribution in [1.82, 2.24) is 0 Å². The van der Waals surface area contributed by atoms with Crippen LogP contribution in [-0.4, -0.2) is 5.11 Å². The maximum atomic E-state index is 12.7. The predicted octanol–water partition coefficient (Wildman–Crippen LogP) is 7.50. The molecule has 5 aromatic carbocycles. The molecule has 2 N–H and O–H groups in total. The summed E-state index contributed by atoms with van der Waals surface area (Å²) in [5.41, 5.74) is 5.99. The summed E-state index contributed by atoms with van der Waals surface area (Å²) in [5.74, 6) is 0. The number of fused-ring (bicyclic) bond motifs is 2. The van der Waals surface area contributed by atoms with E-state index in [1.54, 1.807) is 0 Å². The molecule has 0 spiro atoms. The molecule has 0 aliphatic carbocycles. The summed E-state index contributed by atoms with van der Waals surface area (Å²) in [5, 5.41) is 16.2. The Balaban J connectivity index is 1.61. The van der Waals surface area contributed by atoms with Crippen LogP contribution in [-0.2, 0) is 5.60 Å². The molecule has 1 aliphatic heterocycles. The molecule has 0 saturated heterocycles. The van der Waals surface area contributed by atoms with Gasteiger partial charge in [-0.15, -0.1) is 0 Å². The van der Waals surface area contributed by atoms with E-state index in [9.17, 15) is 5.11 Å². The van der Waals surface area contributed by atoms with Gasteiger partial charge in [0.15, 0.2) is 0 Å². The standard InChI is InChI=1S/C31H24N2O/c34-31(25-17-7-10-20-28(25)32-23-13-3-1-4-14-23)26-18-8-11-21-29(26)33(24-15-5-2-6-16-24)30-22-12-9-19-27(30)31/h1-22,32,34H. The zero-order valence-corrected chi connectivity index (χ0v) is 18.6. The molecule has 0 atom stereocenters. The maximum absolute atomic E-state index is 12.7. The summed E-state index contributed by atoms with van der Waals surface area (Å²) in [6.07, 6.45) is 0. The third-order valence-electron chi connectivity index (χ3n) is 6.45. The fourth-order valence-corrected chi connectivity index (χ4v) is 4.95.